The maximum atomic E-state index is 8.69. The van der Waals surface area contributed by atoms with Gasteiger partial charge in [0, 0.05) is 19.5 Å². The average molecular weight is 284 g/mol. The zero-order valence-electron chi connectivity index (χ0n) is 7.12. The normalized spacial score (nSPS) is 10.4. The lowest BCUT2D eigenvalue weighted by atomic mass is 10.1. The fraction of sp³-hybridized carbons (Fsp3) is 0.100. The van der Waals surface area contributed by atoms with Crippen LogP contribution in [0.1, 0.15) is 5.56 Å². The van der Waals surface area contributed by atoms with Crippen molar-refractivity contribution in [3.63, 3.8) is 0 Å². The molecule has 0 aliphatic heterocycles. The monoisotopic (exact) mass is 283 g/mol. The maximum Gasteiger partial charge on any atom is 0.0670 e. The summed E-state index contributed by atoms with van der Waals surface area (Å²) in [5.41, 5.74) is 1.06. The van der Waals surface area contributed by atoms with E-state index in [0.29, 0.717) is 6.42 Å². The van der Waals surface area contributed by atoms with E-state index >= 15 is 0 Å². The van der Waals surface area contributed by atoms with E-state index in [2.05, 4.69) is 34.6 Å². The van der Waals surface area contributed by atoms with Gasteiger partial charge in [-0.1, -0.05) is 0 Å². The van der Waals surface area contributed by atoms with Gasteiger partial charge in [-0.05, 0) is 39.0 Å². The van der Waals surface area contributed by atoms with Gasteiger partial charge in [0.15, 0.2) is 0 Å². The lowest BCUT2D eigenvalue weighted by Gasteiger charge is -2.03. The highest BCUT2D eigenvalue weighted by Crippen LogP contribution is 2.35. The van der Waals surface area contributed by atoms with E-state index in [4.69, 9.17) is 5.26 Å². The molecule has 0 saturated heterocycles. The summed E-state index contributed by atoms with van der Waals surface area (Å²) in [4.78, 5) is 0.890. The molecule has 0 aliphatic rings. The Kier molecular flexibility index (Phi) is 2.82. The second-order valence-corrected chi connectivity index (χ2v) is 5.06. The molecular weight excluding hydrogens is 278 g/mol. The molecule has 0 fully saturated rings. The molecule has 0 atom stereocenters. The largest absolute Gasteiger partial charge is 0.198 e. The number of hydrogen-bond acceptors (Lipinski definition) is 3. The molecule has 4 heteroatoms. The van der Waals surface area contributed by atoms with Crippen molar-refractivity contribution in [3.8, 4) is 6.07 Å². The van der Waals surface area contributed by atoms with Crippen LogP contribution in [-0.4, -0.2) is 0 Å². The number of fused-ring (bicyclic) bond motifs is 1. The Labute approximate surface area is 99.9 Å². The van der Waals surface area contributed by atoms with Crippen molar-refractivity contribution in [2.45, 2.75) is 11.3 Å². The summed E-state index contributed by atoms with van der Waals surface area (Å²) in [5, 5.41) is 11.9. The van der Waals surface area contributed by atoms with Crippen molar-refractivity contribution in [3.05, 3.63) is 27.5 Å². The van der Waals surface area contributed by atoms with E-state index in [-0.39, 0.29) is 0 Å². The van der Waals surface area contributed by atoms with Gasteiger partial charge in [-0.2, -0.15) is 5.26 Å². The van der Waals surface area contributed by atoms with Gasteiger partial charge in [0.1, 0.15) is 0 Å². The molecule has 0 spiro atoms. The number of nitriles is 1. The van der Waals surface area contributed by atoms with E-state index < -0.39 is 0 Å². The topological polar surface area (TPSA) is 23.8 Å². The molecule has 70 valence electrons. The van der Waals surface area contributed by atoms with E-state index in [0.717, 1.165) is 20.3 Å². The minimum Gasteiger partial charge on any atom is -0.198 e. The molecule has 0 unspecified atom stereocenters. The quantitative estimate of drug-likeness (QED) is 0.786. The predicted octanol–water partition coefficient (Wildman–Crippen LogP) is 4.02. The van der Waals surface area contributed by atoms with Crippen molar-refractivity contribution in [2.24, 2.45) is 0 Å². The summed E-state index contributed by atoms with van der Waals surface area (Å²) in [5.74, 6) is 0. The van der Waals surface area contributed by atoms with Gasteiger partial charge < -0.3 is 0 Å². The Bertz CT molecular complexity index is 525. The highest BCUT2D eigenvalue weighted by Gasteiger charge is 2.08. The van der Waals surface area contributed by atoms with Gasteiger partial charge in [-0.3, -0.25) is 0 Å². The second kappa shape index (κ2) is 3.93. The Morgan fingerprint density at radius 3 is 3.07 bits per heavy atom. The number of benzene rings is 1. The van der Waals surface area contributed by atoms with Crippen LogP contribution in [0.3, 0.4) is 0 Å². The van der Waals surface area contributed by atoms with Crippen molar-refractivity contribution in [1.29, 1.82) is 5.26 Å². The van der Waals surface area contributed by atoms with Gasteiger partial charge >= 0.3 is 0 Å². The fourth-order valence-electron chi connectivity index (χ4n) is 1.38. The first-order chi connectivity index (χ1) is 6.74. The van der Waals surface area contributed by atoms with Crippen LogP contribution in [0.4, 0.5) is 0 Å². The summed E-state index contributed by atoms with van der Waals surface area (Å²) < 4.78 is 2.19. The molecule has 1 nitrogen and oxygen atoms in total. The number of halogens is 1. The highest BCUT2D eigenvalue weighted by atomic mass is 79.9. The zero-order valence-corrected chi connectivity index (χ0v) is 10.4. The average Bonchev–Trinajstić information content (AvgIpc) is 2.63. The Morgan fingerprint density at radius 1 is 1.57 bits per heavy atom. The first kappa shape index (κ1) is 10.0. The molecule has 0 radical (unpaired) electrons. The van der Waals surface area contributed by atoms with Gasteiger partial charge in [-0.25, -0.2) is 0 Å². The van der Waals surface area contributed by atoms with Gasteiger partial charge in [0.2, 0.25) is 0 Å². The highest BCUT2D eigenvalue weighted by molar-refractivity contribution is 9.10. The third-order valence-corrected chi connectivity index (χ3v) is 4.50. The molecule has 0 bridgehead atoms. The standard InChI is InChI=1S/C10H6BrNS2/c11-9-7-2-4-14-10(7)6(1-3-12)5-8(9)13/h2,4-5,13H,1H2. The summed E-state index contributed by atoms with van der Waals surface area (Å²) in [6.07, 6.45) is 0.442. The van der Waals surface area contributed by atoms with Crippen LogP contribution in [-0.2, 0) is 6.42 Å². The maximum absolute atomic E-state index is 8.69. The van der Waals surface area contributed by atoms with E-state index in [1.807, 2.05) is 17.5 Å². The summed E-state index contributed by atoms with van der Waals surface area (Å²) in [6, 6.07) is 6.17. The predicted molar refractivity (Wildman–Crippen MR) is 66.1 cm³/mol. The molecule has 0 aliphatic carbocycles. The SMILES string of the molecule is N#CCc1cc(S)c(Br)c2ccsc12. The molecule has 2 rings (SSSR count). The smallest absolute Gasteiger partial charge is 0.0670 e. The van der Waals surface area contributed by atoms with Crippen LogP contribution in [0.2, 0.25) is 0 Å². The Hall–Kier alpha value is -0.500. The number of nitrogens with zero attached hydrogens (tertiary/aromatic N) is 1. The number of thiophene rings is 1. The van der Waals surface area contributed by atoms with Crippen LogP contribution in [0.25, 0.3) is 10.1 Å². The first-order valence-corrected chi connectivity index (χ1v) is 6.10. The van der Waals surface area contributed by atoms with E-state index in [9.17, 15) is 0 Å². The van der Waals surface area contributed by atoms with Crippen LogP contribution in [0.15, 0.2) is 26.9 Å². The summed E-state index contributed by atoms with van der Waals surface area (Å²) in [6.45, 7) is 0. The molecular formula is C10H6BrNS2. The molecule has 2 aromatic rings. The minimum atomic E-state index is 0.442. The Morgan fingerprint density at radius 2 is 2.36 bits per heavy atom. The van der Waals surface area contributed by atoms with Crippen molar-refractivity contribution >= 4 is 50.0 Å². The van der Waals surface area contributed by atoms with Crippen LogP contribution in [0.5, 0.6) is 0 Å². The van der Waals surface area contributed by atoms with Crippen molar-refractivity contribution in [1.82, 2.24) is 0 Å². The third-order valence-electron chi connectivity index (χ3n) is 2.00. The second-order valence-electron chi connectivity index (χ2n) is 2.87. The molecule has 1 aromatic heterocycles. The first-order valence-electron chi connectivity index (χ1n) is 3.98. The van der Waals surface area contributed by atoms with Crippen molar-refractivity contribution < 1.29 is 0 Å². The zero-order chi connectivity index (χ0) is 10.1. The fourth-order valence-corrected chi connectivity index (χ4v) is 3.15. The summed E-state index contributed by atoms with van der Waals surface area (Å²) in [7, 11) is 0. The van der Waals surface area contributed by atoms with Gasteiger partial charge in [-0.15, -0.1) is 24.0 Å². The Balaban J connectivity index is 2.79. The lowest BCUT2D eigenvalue weighted by molar-refractivity contribution is 1.26. The third kappa shape index (κ3) is 1.56. The molecule has 0 amide bonds. The molecule has 14 heavy (non-hydrogen) atoms. The van der Waals surface area contributed by atoms with Crippen LogP contribution in [0, 0.1) is 11.3 Å². The number of hydrogen-bond donors (Lipinski definition) is 1. The minimum absolute atomic E-state index is 0.442. The van der Waals surface area contributed by atoms with Crippen molar-refractivity contribution in [2.75, 3.05) is 0 Å². The molecule has 1 aromatic carbocycles. The lowest BCUT2D eigenvalue weighted by Crippen LogP contribution is -1.83. The van der Waals surface area contributed by atoms with Crippen LogP contribution >= 0.6 is 39.9 Å². The summed E-state index contributed by atoms with van der Waals surface area (Å²) >= 11 is 9.51. The molecule has 1 heterocycles. The van der Waals surface area contributed by atoms with Crippen LogP contribution < -0.4 is 0 Å². The van der Waals surface area contributed by atoms with Gasteiger partial charge in [0.25, 0.3) is 0 Å². The number of rotatable bonds is 1. The molecule has 0 N–H and O–H groups in total. The van der Waals surface area contributed by atoms with E-state index in [1.54, 1.807) is 11.3 Å². The van der Waals surface area contributed by atoms with E-state index in [1.165, 1.54) is 4.70 Å². The number of thiol groups is 1. The van der Waals surface area contributed by atoms with Gasteiger partial charge in [0.05, 0.1) is 12.5 Å². The molecule has 0 saturated carbocycles.